The molecule has 2 heterocycles. The van der Waals surface area contributed by atoms with Crippen molar-refractivity contribution in [3.63, 3.8) is 0 Å². The number of carbonyl (C=O) groups excluding carboxylic acids is 3. The minimum Gasteiger partial charge on any atom is -0.457 e. The number of piperazine rings is 1. The highest BCUT2D eigenvalue weighted by atomic mass is 35.5. The molecule has 3 N–H and O–H groups in total. The molecule has 3 fully saturated rings. The minimum absolute atomic E-state index is 0. The first-order valence-corrected chi connectivity index (χ1v) is 14.9. The lowest BCUT2D eigenvalue weighted by Crippen LogP contribution is -2.75. The summed E-state index contributed by atoms with van der Waals surface area (Å²) < 4.78 is 5.93. The van der Waals surface area contributed by atoms with E-state index in [0.29, 0.717) is 49.5 Å². The van der Waals surface area contributed by atoms with Gasteiger partial charge in [0.1, 0.15) is 23.1 Å². The zero-order valence-corrected chi connectivity index (χ0v) is 25.4. The number of aliphatic hydroxyl groups is 1. The second kappa shape index (κ2) is 14.3. The van der Waals surface area contributed by atoms with Crippen molar-refractivity contribution in [2.24, 2.45) is 5.92 Å². The summed E-state index contributed by atoms with van der Waals surface area (Å²) in [6, 6.07) is 13.9. The Balaban J connectivity index is 0.00000423. The number of halogens is 1. The van der Waals surface area contributed by atoms with Crippen LogP contribution in [0, 0.1) is 18.3 Å². The van der Waals surface area contributed by atoms with E-state index >= 15 is 0 Å². The average molecular weight is 609 g/mol. The molecule has 0 bridgehead atoms. The van der Waals surface area contributed by atoms with Gasteiger partial charge in [0.15, 0.2) is 0 Å². The third-order valence-electron chi connectivity index (χ3n) is 9.07. The summed E-state index contributed by atoms with van der Waals surface area (Å²) in [7, 11) is 1.59. The van der Waals surface area contributed by atoms with E-state index in [-0.39, 0.29) is 42.6 Å². The van der Waals surface area contributed by atoms with Gasteiger partial charge in [-0.1, -0.05) is 37.3 Å². The highest BCUT2D eigenvalue weighted by Gasteiger charge is 2.55. The molecule has 0 unspecified atom stereocenters. The van der Waals surface area contributed by atoms with E-state index in [9.17, 15) is 19.5 Å². The topological polar surface area (TPSA) is 111 Å². The summed E-state index contributed by atoms with van der Waals surface area (Å²) in [5, 5.41) is 16.6. The smallest absolute Gasteiger partial charge is 0.251 e. The van der Waals surface area contributed by atoms with E-state index in [1.165, 1.54) is 0 Å². The molecule has 3 aliphatic rings. The molecule has 3 amide bonds. The van der Waals surface area contributed by atoms with Gasteiger partial charge in [-0.05, 0) is 73.6 Å². The van der Waals surface area contributed by atoms with Crippen LogP contribution in [0.15, 0.2) is 48.5 Å². The summed E-state index contributed by atoms with van der Waals surface area (Å²) in [6.07, 6.45) is 10.7. The van der Waals surface area contributed by atoms with Crippen molar-refractivity contribution in [3.05, 3.63) is 59.7 Å². The van der Waals surface area contributed by atoms with Crippen LogP contribution in [0.4, 0.5) is 0 Å². The van der Waals surface area contributed by atoms with Crippen LogP contribution in [0.5, 0.6) is 11.5 Å². The monoisotopic (exact) mass is 608 g/mol. The van der Waals surface area contributed by atoms with Gasteiger partial charge in [-0.15, -0.1) is 18.8 Å². The Morgan fingerprint density at radius 3 is 2.26 bits per heavy atom. The number of likely N-dealkylation sites (tertiary alicyclic amines) is 1. The molecule has 10 heteroatoms. The van der Waals surface area contributed by atoms with Crippen molar-refractivity contribution in [1.82, 2.24) is 20.4 Å². The lowest BCUT2D eigenvalue weighted by Gasteiger charge is -2.52. The number of amides is 3. The lowest BCUT2D eigenvalue weighted by atomic mass is 9.78. The Hall–Kier alpha value is -3.58. The summed E-state index contributed by atoms with van der Waals surface area (Å²) in [4.78, 5) is 42.8. The number of hydrogen-bond acceptors (Lipinski definition) is 6. The summed E-state index contributed by atoms with van der Waals surface area (Å²) >= 11 is 0. The molecular weight excluding hydrogens is 568 g/mol. The Morgan fingerprint density at radius 1 is 1.07 bits per heavy atom. The van der Waals surface area contributed by atoms with Gasteiger partial charge in [0, 0.05) is 32.2 Å². The van der Waals surface area contributed by atoms with E-state index in [0.717, 1.165) is 37.7 Å². The fraction of sp³-hybridized carbons (Fsp3) is 0.485. The summed E-state index contributed by atoms with van der Waals surface area (Å²) in [6.45, 7) is 2.02. The quantitative estimate of drug-likeness (QED) is 0.396. The third-order valence-corrected chi connectivity index (χ3v) is 9.07. The Labute approximate surface area is 259 Å². The number of aliphatic hydroxyl groups excluding tert-OH is 1. The van der Waals surface area contributed by atoms with Crippen molar-refractivity contribution in [3.8, 4) is 23.8 Å². The van der Waals surface area contributed by atoms with Crippen LogP contribution in [-0.2, 0) is 16.1 Å². The highest BCUT2D eigenvalue weighted by molar-refractivity contribution is 6.00. The van der Waals surface area contributed by atoms with E-state index in [1.807, 2.05) is 24.3 Å². The van der Waals surface area contributed by atoms with Crippen LogP contribution >= 0.6 is 12.4 Å². The number of ether oxygens (including phenoxy) is 1. The maximum atomic E-state index is 13.6. The number of nitrogens with one attached hydrogen (secondary N) is 2. The van der Waals surface area contributed by atoms with Gasteiger partial charge >= 0.3 is 0 Å². The number of rotatable bonds is 8. The van der Waals surface area contributed by atoms with Crippen molar-refractivity contribution >= 4 is 30.1 Å². The zero-order valence-electron chi connectivity index (χ0n) is 24.6. The van der Waals surface area contributed by atoms with Crippen LogP contribution in [0.1, 0.15) is 60.9 Å². The molecule has 2 aromatic carbocycles. The minimum atomic E-state index is -0.992. The van der Waals surface area contributed by atoms with Crippen LogP contribution in [0.3, 0.4) is 0 Å². The van der Waals surface area contributed by atoms with Crippen LogP contribution in [0.2, 0.25) is 0 Å². The van der Waals surface area contributed by atoms with Gasteiger partial charge in [-0.2, -0.15) is 0 Å². The molecule has 1 saturated carbocycles. The number of hydrogen-bond donors (Lipinski definition) is 3. The molecule has 2 aliphatic heterocycles. The number of piperidine rings is 1. The summed E-state index contributed by atoms with van der Waals surface area (Å²) in [5.41, 5.74) is 0.680. The van der Waals surface area contributed by atoms with E-state index in [1.54, 1.807) is 36.2 Å². The first-order chi connectivity index (χ1) is 20.3. The van der Waals surface area contributed by atoms with E-state index in [4.69, 9.17) is 11.2 Å². The molecule has 9 nitrogen and oxygen atoms in total. The van der Waals surface area contributed by atoms with E-state index in [2.05, 4.69) is 21.5 Å². The lowest BCUT2D eigenvalue weighted by molar-refractivity contribution is -0.164. The average Bonchev–Trinajstić information content (AvgIpc) is 3.03. The second-order valence-corrected chi connectivity index (χ2v) is 11.6. The number of terminal acetylenes is 1. The predicted molar refractivity (Wildman–Crippen MR) is 166 cm³/mol. The predicted octanol–water partition coefficient (Wildman–Crippen LogP) is 3.50. The maximum absolute atomic E-state index is 13.6. The Bertz CT molecular complexity index is 1310. The molecule has 230 valence electrons. The molecule has 5 rings (SSSR count). The SMILES string of the molecule is C#CCN1C(=O)[C@@H]([C@H](O)C2CCCCC2)NC(=O)C12CCN(Cc1ccc(Oc3ccc(C(=O)NC)cc3)cc1)CC2.Cl. The Morgan fingerprint density at radius 2 is 1.67 bits per heavy atom. The summed E-state index contributed by atoms with van der Waals surface area (Å²) in [5.74, 6) is 3.31. The molecule has 43 heavy (non-hydrogen) atoms. The fourth-order valence-electron chi connectivity index (χ4n) is 6.59. The number of benzene rings is 2. The van der Waals surface area contributed by atoms with Gasteiger partial charge in [0.05, 0.1) is 12.6 Å². The van der Waals surface area contributed by atoms with Gasteiger partial charge in [-0.25, -0.2) is 0 Å². The van der Waals surface area contributed by atoms with Gasteiger partial charge in [0.2, 0.25) is 11.8 Å². The van der Waals surface area contributed by atoms with Crippen LogP contribution in [-0.4, -0.2) is 77.0 Å². The third kappa shape index (κ3) is 6.98. The molecule has 1 aliphatic carbocycles. The van der Waals surface area contributed by atoms with Crippen LogP contribution in [0.25, 0.3) is 0 Å². The first-order valence-electron chi connectivity index (χ1n) is 14.9. The number of nitrogens with zero attached hydrogens (tertiary/aromatic N) is 2. The van der Waals surface area contributed by atoms with Crippen molar-refractivity contribution in [1.29, 1.82) is 0 Å². The van der Waals surface area contributed by atoms with Gasteiger partial charge < -0.3 is 25.4 Å². The van der Waals surface area contributed by atoms with Crippen molar-refractivity contribution < 1.29 is 24.2 Å². The van der Waals surface area contributed by atoms with Gasteiger partial charge in [-0.3, -0.25) is 19.3 Å². The molecule has 2 atom stereocenters. The molecule has 1 spiro atoms. The van der Waals surface area contributed by atoms with Gasteiger partial charge in [0.25, 0.3) is 5.91 Å². The molecular formula is C33H41ClN4O5. The first kappa shape index (κ1) is 32.3. The van der Waals surface area contributed by atoms with Crippen molar-refractivity contribution in [2.45, 2.75) is 69.2 Å². The normalized spacial score (nSPS) is 21.3. The largest absolute Gasteiger partial charge is 0.457 e. The zero-order chi connectivity index (χ0) is 29.7. The Kier molecular flexibility index (Phi) is 10.7. The molecule has 2 saturated heterocycles. The molecule has 0 radical (unpaired) electrons. The number of carbonyl (C=O) groups is 3. The maximum Gasteiger partial charge on any atom is 0.251 e. The van der Waals surface area contributed by atoms with Crippen LogP contribution < -0.4 is 15.4 Å². The fourth-order valence-corrected chi connectivity index (χ4v) is 6.59. The molecule has 2 aromatic rings. The van der Waals surface area contributed by atoms with E-state index < -0.39 is 17.7 Å². The molecule has 0 aromatic heterocycles. The second-order valence-electron chi connectivity index (χ2n) is 11.6. The highest BCUT2D eigenvalue weighted by Crippen LogP contribution is 2.36. The standard InChI is InChI=1S/C33H40N4O5.ClH/c1-3-19-37-31(40)28(29(38)24-7-5-4-6-8-24)35-32(41)33(37)17-20-36(21-18-33)22-23-9-13-26(14-10-23)42-27-15-11-25(12-16-27)30(39)34-2;/h1,9-16,24,28-29,38H,4-8,17-22H2,2H3,(H,34,39)(H,35,41);1H/t28-,29-;/m1./s1. The van der Waals surface area contributed by atoms with Crippen molar-refractivity contribution in [2.75, 3.05) is 26.7 Å².